The van der Waals surface area contributed by atoms with Crippen LogP contribution in [0.1, 0.15) is 11.1 Å². The number of piperazine rings is 1. The molecule has 2 heterocycles. The van der Waals surface area contributed by atoms with Gasteiger partial charge in [-0.2, -0.15) is 0 Å². The van der Waals surface area contributed by atoms with Crippen LogP contribution in [-0.2, 0) is 0 Å². The van der Waals surface area contributed by atoms with Crippen LogP contribution in [0.15, 0.2) is 48.5 Å². The quantitative estimate of drug-likeness (QED) is 0.572. The highest BCUT2D eigenvalue weighted by Gasteiger charge is 2.22. The molecule has 2 amide bonds. The van der Waals surface area contributed by atoms with Crippen LogP contribution in [0.2, 0.25) is 10.0 Å². The van der Waals surface area contributed by atoms with Crippen molar-refractivity contribution < 1.29 is 4.79 Å². The predicted molar refractivity (Wildman–Crippen MR) is 126 cm³/mol. The summed E-state index contributed by atoms with van der Waals surface area (Å²) in [5.41, 5.74) is 4.58. The second-order valence-electron chi connectivity index (χ2n) is 7.55. The lowest BCUT2D eigenvalue weighted by atomic mass is 10.1. The largest absolute Gasteiger partial charge is 0.352 e. The van der Waals surface area contributed by atoms with Crippen molar-refractivity contribution in [2.45, 2.75) is 13.8 Å². The lowest BCUT2D eigenvalue weighted by Gasteiger charge is -2.35. The molecule has 3 aromatic rings. The number of aryl methyl sites for hydroxylation is 1. The number of hydrogen-bond donors (Lipinski definition) is 1. The molecule has 1 aliphatic heterocycles. The molecule has 4 rings (SSSR count). The fourth-order valence-electron chi connectivity index (χ4n) is 3.55. The van der Waals surface area contributed by atoms with E-state index in [1.54, 1.807) is 12.1 Å². The number of nitrogens with zero attached hydrogens (tertiary/aromatic N) is 4. The van der Waals surface area contributed by atoms with Gasteiger partial charge >= 0.3 is 6.03 Å². The van der Waals surface area contributed by atoms with Crippen molar-refractivity contribution in [3.63, 3.8) is 0 Å². The number of nitrogens with one attached hydrogen (secondary N) is 1. The minimum Gasteiger partial charge on any atom is -0.352 e. The van der Waals surface area contributed by atoms with E-state index in [-0.39, 0.29) is 6.03 Å². The van der Waals surface area contributed by atoms with Crippen LogP contribution in [0.5, 0.6) is 0 Å². The summed E-state index contributed by atoms with van der Waals surface area (Å²) >= 11 is 12.2. The Kier molecular flexibility index (Phi) is 6.30. The molecule has 0 bridgehead atoms. The monoisotopic (exact) mass is 455 g/mol. The fraction of sp³-hybridized carbons (Fsp3) is 0.261. The number of carbonyl (C=O) groups excluding carboxylic acids is 1. The van der Waals surface area contributed by atoms with E-state index in [4.69, 9.17) is 23.2 Å². The molecule has 160 valence electrons. The van der Waals surface area contributed by atoms with Gasteiger partial charge in [-0.05, 0) is 61.4 Å². The number of halogens is 2. The number of benzene rings is 2. The lowest BCUT2D eigenvalue weighted by Crippen LogP contribution is -2.50. The third-order valence-corrected chi connectivity index (χ3v) is 6.14. The Morgan fingerprint density at radius 2 is 1.74 bits per heavy atom. The van der Waals surface area contributed by atoms with Gasteiger partial charge in [0, 0.05) is 42.5 Å². The maximum atomic E-state index is 12.7. The van der Waals surface area contributed by atoms with E-state index in [0.29, 0.717) is 41.9 Å². The van der Waals surface area contributed by atoms with Gasteiger partial charge in [-0.25, -0.2) is 4.79 Å². The first kappa shape index (κ1) is 21.4. The third kappa shape index (κ3) is 4.75. The summed E-state index contributed by atoms with van der Waals surface area (Å²) in [6, 6.07) is 15.0. The van der Waals surface area contributed by atoms with E-state index in [9.17, 15) is 4.79 Å². The first-order valence-electron chi connectivity index (χ1n) is 10.1. The Bertz CT molecular complexity index is 1100. The van der Waals surface area contributed by atoms with Crippen molar-refractivity contribution in [1.82, 2.24) is 15.1 Å². The van der Waals surface area contributed by atoms with E-state index in [0.717, 1.165) is 28.2 Å². The van der Waals surface area contributed by atoms with Crippen molar-refractivity contribution >= 4 is 40.7 Å². The molecule has 0 aliphatic carbocycles. The third-order valence-electron chi connectivity index (χ3n) is 5.59. The molecule has 1 aromatic heterocycles. The number of hydrogen-bond acceptors (Lipinski definition) is 4. The summed E-state index contributed by atoms with van der Waals surface area (Å²) in [6.07, 6.45) is 0. The van der Waals surface area contributed by atoms with Gasteiger partial charge in [0.1, 0.15) is 0 Å². The van der Waals surface area contributed by atoms with Crippen molar-refractivity contribution in [2.24, 2.45) is 0 Å². The van der Waals surface area contributed by atoms with Crippen LogP contribution in [-0.4, -0.2) is 47.3 Å². The van der Waals surface area contributed by atoms with Crippen molar-refractivity contribution in [3.8, 4) is 11.3 Å². The van der Waals surface area contributed by atoms with Crippen LogP contribution in [0.25, 0.3) is 11.3 Å². The van der Waals surface area contributed by atoms with Gasteiger partial charge in [-0.15, -0.1) is 10.2 Å². The second kappa shape index (κ2) is 9.12. The lowest BCUT2D eigenvalue weighted by molar-refractivity contribution is 0.208. The Labute approximate surface area is 191 Å². The Hall–Kier alpha value is -2.83. The average molecular weight is 456 g/mol. The fourth-order valence-corrected chi connectivity index (χ4v) is 4.06. The van der Waals surface area contributed by atoms with Crippen LogP contribution in [0.4, 0.5) is 16.3 Å². The highest BCUT2D eigenvalue weighted by Crippen LogP contribution is 2.29. The summed E-state index contributed by atoms with van der Waals surface area (Å²) in [5.74, 6) is 0.781. The topological polar surface area (TPSA) is 61.4 Å². The van der Waals surface area contributed by atoms with E-state index >= 15 is 0 Å². The van der Waals surface area contributed by atoms with E-state index < -0.39 is 0 Å². The van der Waals surface area contributed by atoms with E-state index in [2.05, 4.69) is 20.4 Å². The van der Waals surface area contributed by atoms with Crippen molar-refractivity contribution in [1.29, 1.82) is 0 Å². The number of anilines is 2. The van der Waals surface area contributed by atoms with E-state index in [1.807, 2.05) is 55.1 Å². The standard InChI is InChI=1S/C23H23Cl2N5O/c1-15-4-3-5-20(16(15)2)26-23(31)30-12-10-29(11-13-30)22-9-8-21(27-28-22)18-7-6-17(24)14-19(18)25/h3-9,14H,10-13H2,1-2H3,(H,26,31). The first-order valence-corrected chi connectivity index (χ1v) is 10.8. The van der Waals surface area contributed by atoms with Crippen molar-refractivity contribution in [2.75, 3.05) is 36.4 Å². The molecule has 0 spiro atoms. The normalized spacial score (nSPS) is 13.9. The summed E-state index contributed by atoms with van der Waals surface area (Å²) in [6.45, 7) is 6.66. The number of carbonyl (C=O) groups is 1. The Morgan fingerprint density at radius 1 is 0.968 bits per heavy atom. The molecule has 1 aliphatic rings. The molecule has 0 saturated carbocycles. The zero-order valence-electron chi connectivity index (χ0n) is 17.4. The van der Waals surface area contributed by atoms with Crippen LogP contribution >= 0.6 is 23.2 Å². The van der Waals surface area contributed by atoms with Crippen molar-refractivity contribution in [3.05, 3.63) is 69.7 Å². The SMILES string of the molecule is Cc1cccc(NC(=O)N2CCN(c3ccc(-c4ccc(Cl)cc4Cl)nn3)CC2)c1C. The van der Waals surface area contributed by atoms with Gasteiger partial charge in [0.05, 0.1) is 10.7 Å². The Morgan fingerprint density at radius 3 is 2.42 bits per heavy atom. The van der Waals surface area contributed by atoms with Gasteiger partial charge < -0.3 is 15.1 Å². The molecule has 1 saturated heterocycles. The maximum Gasteiger partial charge on any atom is 0.321 e. The molecule has 0 atom stereocenters. The molecule has 1 N–H and O–H groups in total. The number of amides is 2. The maximum absolute atomic E-state index is 12.7. The molecular weight excluding hydrogens is 433 g/mol. The average Bonchev–Trinajstić information content (AvgIpc) is 2.77. The highest BCUT2D eigenvalue weighted by molar-refractivity contribution is 6.36. The van der Waals surface area contributed by atoms with Gasteiger partial charge in [0.25, 0.3) is 0 Å². The first-order chi connectivity index (χ1) is 14.9. The molecule has 0 unspecified atom stereocenters. The highest BCUT2D eigenvalue weighted by atomic mass is 35.5. The zero-order chi connectivity index (χ0) is 22.0. The minimum atomic E-state index is -0.0767. The molecule has 31 heavy (non-hydrogen) atoms. The van der Waals surface area contributed by atoms with Crippen LogP contribution < -0.4 is 10.2 Å². The zero-order valence-corrected chi connectivity index (χ0v) is 18.9. The molecule has 6 nitrogen and oxygen atoms in total. The summed E-state index contributed by atoms with van der Waals surface area (Å²) < 4.78 is 0. The molecule has 1 fully saturated rings. The summed E-state index contributed by atoms with van der Waals surface area (Å²) in [4.78, 5) is 16.6. The molecular formula is C23H23Cl2N5O. The Balaban J connectivity index is 1.37. The second-order valence-corrected chi connectivity index (χ2v) is 8.40. The number of rotatable bonds is 3. The van der Waals surface area contributed by atoms with Gasteiger partial charge in [0.2, 0.25) is 0 Å². The predicted octanol–water partition coefficient (Wildman–Crippen LogP) is 5.42. The molecule has 2 aromatic carbocycles. The summed E-state index contributed by atoms with van der Waals surface area (Å²) in [7, 11) is 0. The minimum absolute atomic E-state index is 0.0767. The number of urea groups is 1. The van der Waals surface area contributed by atoms with Gasteiger partial charge in [-0.1, -0.05) is 35.3 Å². The summed E-state index contributed by atoms with van der Waals surface area (Å²) in [5, 5.41) is 12.8. The van der Waals surface area contributed by atoms with Gasteiger partial charge in [0.15, 0.2) is 5.82 Å². The van der Waals surface area contributed by atoms with Crippen LogP contribution in [0.3, 0.4) is 0 Å². The van der Waals surface area contributed by atoms with E-state index in [1.165, 1.54) is 0 Å². The smallest absolute Gasteiger partial charge is 0.321 e. The van der Waals surface area contributed by atoms with Crippen LogP contribution in [0, 0.1) is 13.8 Å². The molecule has 8 heteroatoms. The number of aromatic nitrogens is 2. The molecule has 0 radical (unpaired) electrons. The van der Waals surface area contributed by atoms with Gasteiger partial charge in [-0.3, -0.25) is 0 Å².